The van der Waals surface area contributed by atoms with Crippen LogP contribution in [0.25, 0.3) is 0 Å². The van der Waals surface area contributed by atoms with Crippen molar-refractivity contribution in [1.29, 1.82) is 0 Å². The number of hydrogen-bond donors (Lipinski definition) is 1. The van der Waals surface area contributed by atoms with Gasteiger partial charge in [0.25, 0.3) is 0 Å². The van der Waals surface area contributed by atoms with E-state index in [0.29, 0.717) is 12.5 Å². The van der Waals surface area contributed by atoms with Gasteiger partial charge in [0, 0.05) is 45.3 Å². The molecule has 1 aromatic heterocycles. The molecule has 2 aliphatic rings. The quantitative estimate of drug-likeness (QED) is 0.334. The van der Waals surface area contributed by atoms with Gasteiger partial charge in [0.1, 0.15) is 0 Å². The molecule has 1 aromatic carbocycles. The normalized spacial score (nSPS) is 18.8. The molecule has 2 aliphatic heterocycles. The molecule has 3 heterocycles. The molecule has 0 saturated carbocycles. The Morgan fingerprint density at radius 2 is 2.10 bits per heavy atom. The van der Waals surface area contributed by atoms with Gasteiger partial charge in [0.2, 0.25) is 10.0 Å². The molecule has 170 valence electrons. The minimum atomic E-state index is -3.39. The number of aliphatic imine (C=N–C) groups is 1. The van der Waals surface area contributed by atoms with Crippen molar-refractivity contribution in [1.82, 2.24) is 20.0 Å². The smallest absolute Gasteiger partial charge is 0.237 e. The van der Waals surface area contributed by atoms with Crippen LogP contribution in [0.4, 0.5) is 5.69 Å². The van der Waals surface area contributed by atoms with Crippen molar-refractivity contribution in [2.75, 3.05) is 42.8 Å². The third kappa shape index (κ3) is 5.33. The van der Waals surface area contributed by atoms with Crippen LogP contribution in [0, 0.1) is 0 Å². The first kappa shape index (κ1) is 23.8. The third-order valence-electron chi connectivity index (χ3n) is 5.81. The third-order valence-corrected chi connectivity index (χ3v) is 7.56. The van der Waals surface area contributed by atoms with E-state index >= 15 is 0 Å². The molecule has 2 aromatic rings. The van der Waals surface area contributed by atoms with Gasteiger partial charge in [-0.2, -0.15) is 5.10 Å². The average Bonchev–Trinajstić information content (AvgIpc) is 3.46. The fourth-order valence-electron chi connectivity index (χ4n) is 4.28. The van der Waals surface area contributed by atoms with Crippen molar-refractivity contribution in [2.24, 2.45) is 12.0 Å². The van der Waals surface area contributed by atoms with Gasteiger partial charge < -0.3 is 10.2 Å². The average molecular weight is 558 g/mol. The highest BCUT2D eigenvalue weighted by Crippen LogP contribution is 2.30. The number of fused-ring (bicyclic) bond motifs is 1. The Kier molecular flexibility index (Phi) is 7.84. The molecule has 31 heavy (non-hydrogen) atoms. The van der Waals surface area contributed by atoms with Crippen molar-refractivity contribution in [3.8, 4) is 0 Å². The van der Waals surface area contributed by atoms with Gasteiger partial charge >= 0.3 is 0 Å². The number of anilines is 1. The van der Waals surface area contributed by atoms with E-state index in [1.165, 1.54) is 5.56 Å². The lowest BCUT2D eigenvalue weighted by molar-refractivity contribution is 0.486. The Morgan fingerprint density at radius 1 is 1.29 bits per heavy atom. The Morgan fingerprint density at radius 3 is 2.84 bits per heavy atom. The molecular formula is C21H31IN6O2S. The summed E-state index contributed by atoms with van der Waals surface area (Å²) in [6.07, 6.45) is 5.81. The van der Waals surface area contributed by atoms with E-state index in [-0.39, 0.29) is 36.3 Å². The summed E-state index contributed by atoms with van der Waals surface area (Å²) in [5.74, 6) is 1.23. The van der Waals surface area contributed by atoms with Gasteiger partial charge in [-0.05, 0) is 37.0 Å². The number of likely N-dealkylation sites (tertiary alicyclic amines) is 1. The molecule has 1 saturated heterocycles. The Labute approximate surface area is 201 Å². The van der Waals surface area contributed by atoms with E-state index in [9.17, 15) is 8.42 Å². The molecule has 1 fully saturated rings. The Bertz CT molecular complexity index is 1020. The summed E-state index contributed by atoms with van der Waals surface area (Å²) in [7, 11) is -1.46. The van der Waals surface area contributed by atoms with Crippen LogP contribution in [-0.4, -0.2) is 67.5 Å². The van der Waals surface area contributed by atoms with Gasteiger partial charge in [-0.1, -0.05) is 18.2 Å². The molecule has 0 radical (unpaired) electrons. The topological polar surface area (TPSA) is 82.8 Å². The van der Waals surface area contributed by atoms with Crippen molar-refractivity contribution < 1.29 is 8.42 Å². The van der Waals surface area contributed by atoms with Gasteiger partial charge in [-0.25, -0.2) is 8.42 Å². The number of guanidine groups is 1. The maximum absolute atomic E-state index is 12.9. The summed E-state index contributed by atoms with van der Waals surface area (Å²) in [4.78, 5) is 6.87. The minimum Gasteiger partial charge on any atom is -0.357 e. The molecular weight excluding hydrogens is 527 g/mol. The zero-order valence-electron chi connectivity index (χ0n) is 18.1. The van der Waals surface area contributed by atoms with Crippen LogP contribution in [-0.2, 0) is 23.5 Å². The number of aromatic nitrogens is 2. The van der Waals surface area contributed by atoms with E-state index < -0.39 is 10.0 Å². The maximum atomic E-state index is 12.9. The number of aryl methyl sites for hydroxylation is 1. The first-order chi connectivity index (χ1) is 14.5. The number of nitrogens with one attached hydrogen (secondary N) is 1. The summed E-state index contributed by atoms with van der Waals surface area (Å²) in [6, 6.07) is 7.73. The number of para-hydroxylation sites is 1. The molecule has 1 N–H and O–H groups in total. The number of hydrogen-bond acceptors (Lipinski definition) is 4. The fraction of sp³-hybridized carbons (Fsp3) is 0.524. The number of sulfonamides is 1. The van der Waals surface area contributed by atoms with Gasteiger partial charge in [0.05, 0.1) is 24.2 Å². The zero-order chi connectivity index (χ0) is 21.1. The Hall–Kier alpha value is -1.82. The maximum Gasteiger partial charge on any atom is 0.237 e. The second kappa shape index (κ2) is 10.2. The van der Waals surface area contributed by atoms with Crippen LogP contribution < -0.4 is 9.62 Å². The lowest BCUT2D eigenvalue weighted by Gasteiger charge is -2.22. The second-order valence-corrected chi connectivity index (χ2v) is 9.89. The molecule has 0 spiro atoms. The molecule has 0 aliphatic carbocycles. The molecule has 4 rings (SSSR count). The highest BCUT2D eigenvalue weighted by atomic mass is 127. The van der Waals surface area contributed by atoms with Crippen molar-refractivity contribution in [2.45, 2.75) is 25.7 Å². The predicted molar refractivity (Wildman–Crippen MR) is 135 cm³/mol. The van der Waals surface area contributed by atoms with Crippen LogP contribution in [0.2, 0.25) is 0 Å². The van der Waals surface area contributed by atoms with Crippen LogP contribution in [0.3, 0.4) is 0 Å². The summed E-state index contributed by atoms with van der Waals surface area (Å²) >= 11 is 0. The highest BCUT2D eigenvalue weighted by Gasteiger charge is 2.29. The first-order valence-electron chi connectivity index (χ1n) is 10.6. The summed E-state index contributed by atoms with van der Waals surface area (Å²) in [5, 5.41) is 7.60. The fourth-order valence-corrected chi connectivity index (χ4v) is 5.67. The van der Waals surface area contributed by atoms with E-state index in [2.05, 4.69) is 26.5 Å². The molecule has 0 amide bonds. The van der Waals surface area contributed by atoms with E-state index in [1.54, 1.807) is 4.31 Å². The summed E-state index contributed by atoms with van der Waals surface area (Å²) < 4.78 is 29.2. The molecule has 10 heteroatoms. The zero-order valence-corrected chi connectivity index (χ0v) is 21.2. The van der Waals surface area contributed by atoms with Crippen LogP contribution in [0.15, 0.2) is 41.7 Å². The molecule has 1 unspecified atom stereocenters. The van der Waals surface area contributed by atoms with E-state index in [4.69, 9.17) is 0 Å². The molecule has 8 nitrogen and oxygen atoms in total. The number of rotatable bonds is 6. The van der Waals surface area contributed by atoms with Gasteiger partial charge in [0.15, 0.2) is 5.96 Å². The molecule has 1 atom stereocenters. The monoisotopic (exact) mass is 558 g/mol. The predicted octanol–water partition coefficient (Wildman–Crippen LogP) is 2.19. The van der Waals surface area contributed by atoms with E-state index in [1.807, 2.05) is 49.1 Å². The molecule has 0 bridgehead atoms. The van der Waals surface area contributed by atoms with Crippen LogP contribution >= 0.6 is 24.0 Å². The second-order valence-electron chi connectivity index (χ2n) is 7.88. The van der Waals surface area contributed by atoms with Gasteiger partial charge in [-0.3, -0.25) is 14.0 Å². The van der Waals surface area contributed by atoms with Crippen LogP contribution in [0.5, 0.6) is 0 Å². The number of halogens is 1. The summed E-state index contributed by atoms with van der Waals surface area (Å²) in [5.41, 5.74) is 3.15. The largest absolute Gasteiger partial charge is 0.357 e. The lowest BCUT2D eigenvalue weighted by atomic mass is 10.0. The summed E-state index contributed by atoms with van der Waals surface area (Å²) in [6.45, 7) is 5.31. The number of nitrogens with zero attached hydrogens (tertiary/aromatic N) is 5. The van der Waals surface area contributed by atoms with Gasteiger partial charge in [-0.15, -0.1) is 24.0 Å². The lowest BCUT2D eigenvalue weighted by Crippen LogP contribution is -2.40. The standard InChI is InChI=1S/C21H30N6O2S.HI/c1-3-22-21(26-11-8-18(16-26)19-14-24-25(2)15-19)23-10-13-30(28,29)27-12-9-17-6-4-5-7-20(17)27;/h4-7,14-15,18H,3,8-13,16H2,1-2H3,(H,22,23);1H. The minimum absolute atomic E-state index is 0. The van der Waals surface area contributed by atoms with Crippen LogP contribution in [0.1, 0.15) is 30.4 Å². The SMILES string of the molecule is CCNC(=NCCS(=O)(=O)N1CCc2ccccc21)N1CCC(c2cnn(C)c2)C1.I. The van der Waals surface area contributed by atoms with Crippen molar-refractivity contribution in [3.63, 3.8) is 0 Å². The number of benzene rings is 1. The highest BCUT2D eigenvalue weighted by molar-refractivity contribution is 14.0. The first-order valence-corrected chi connectivity index (χ1v) is 12.2. The van der Waals surface area contributed by atoms with E-state index in [0.717, 1.165) is 49.7 Å². The van der Waals surface area contributed by atoms with Crippen molar-refractivity contribution >= 4 is 45.6 Å². The van der Waals surface area contributed by atoms with Crippen molar-refractivity contribution in [3.05, 3.63) is 47.8 Å². The Balaban J connectivity index is 0.00000272.